The van der Waals surface area contributed by atoms with Crippen molar-refractivity contribution in [1.82, 2.24) is 35.6 Å². The molecule has 0 atom stereocenters. The van der Waals surface area contributed by atoms with Crippen LogP contribution in [0.1, 0.15) is 46.6 Å². The largest absolute Gasteiger partial charge is 0.489 e. The van der Waals surface area contributed by atoms with Gasteiger partial charge >= 0.3 is 0 Å². The van der Waals surface area contributed by atoms with E-state index in [1.165, 1.54) is 17.3 Å². The fourth-order valence-electron chi connectivity index (χ4n) is 4.12. The first-order chi connectivity index (χ1) is 18.6. The minimum absolute atomic E-state index is 0.0553. The van der Waals surface area contributed by atoms with E-state index in [0.717, 1.165) is 37.1 Å². The Morgan fingerprint density at radius 1 is 1.16 bits per heavy atom. The number of hydrogen-bond donors (Lipinski definition) is 2. The number of nitrogens with zero attached hydrogens (tertiary/aromatic N) is 7. The number of nitrogens with two attached hydrogens (primary N) is 1. The Morgan fingerprint density at radius 3 is 2.71 bits per heavy atom. The number of amides is 1. The fraction of sp³-hybridized carbons (Fsp3) is 0.280. The molecule has 0 aliphatic carbocycles. The molecule has 1 aliphatic rings. The number of benzene rings is 2. The fourth-order valence-corrected chi connectivity index (χ4v) is 4.33. The highest BCUT2D eigenvalue weighted by atomic mass is 35.5. The highest BCUT2D eigenvalue weighted by molar-refractivity contribution is 6.30. The lowest BCUT2D eigenvalue weighted by atomic mass is 10.1. The first kappa shape index (κ1) is 25.4. The Hall–Kier alpha value is -4.29. The highest BCUT2D eigenvalue weighted by Gasteiger charge is 2.26. The molecule has 0 bridgehead atoms. The first-order valence-corrected chi connectivity index (χ1v) is 12.5. The zero-order chi connectivity index (χ0) is 26.3. The van der Waals surface area contributed by atoms with Crippen molar-refractivity contribution in [3.63, 3.8) is 0 Å². The Morgan fingerprint density at radius 2 is 1.97 bits per heavy atom. The number of hydrazone groups is 1. The number of nitrogen functional groups attached to an aromatic ring is 1. The summed E-state index contributed by atoms with van der Waals surface area (Å²) in [7, 11) is 0. The van der Waals surface area contributed by atoms with Gasteiger partial charge in [-0.3, -0.25) is 9.69 Å². The second kappa shape index (κ2) is 11.8. The van der Waals surface area contributed by atoms with Crippen molar-refractivity contribution in [3.05, 3.63) is 76.1 Å². The summed E-state index contributed by atoms with van der Waals surface area (Å²) in [6.45, 7) is 2.68. The average Bonchev–Trinajstić information content (AvgIpc) is 3.54. The van der Waals surface area contributed by atoms with Gasteiger partial charge in [0.25, 0.3) is 5.91 Å². The summed E-state index contributed by atoms with van der Waals surface area (Å²) in [4.78, 5) is 15.2. The number of nitrogens with one attached hydrogen (secondary N) is 1. The number of carbonyl (C=O) groups is 1. The molecule has 1 aliphatic heterocycles. The summed E-state index contributed by atoms with van der Waals surface area (Å²) < 4.78 is 11.9. The summed E-state index contributed by atoms with van der Waals surface area (Å²) in [5, 5.41) is 20.3. The molecule has 0 saturated carbocycles. The molecule has 0 unspecified atom stereocenters. The molecule has 2 aromatic heterocycles. The molecular formula is C25H26ClN9O3. The van der Waals surface area contributed by atoms with Gasteiger partial charge in [-0.1, -0.05) is 35.4 Å². The lowest BCUT2D eigenvalue weighted by molar-refractivity contribution is 0.0947. The van der Waals surface area contributed by atoms with Crippen LogP contribution >= 0.6 is 11.6 Å². The Bertz CT molecular complexity index is 1410. The van der Waals surface area contributed by atoms with Crippen molar-refractivity contribution in [2.24, 2.45) is 5.10 Å². The molecule has 3 N–H and O–H groups in total. The maximum atomic E-state index is 13.0. The topological polar surface area (TPSA) is 150 Å². The zero-order valence-electron chi connectivity index (χ0n) is 20.5. The molecule has 3 heterocycles. The van der Waals surface area contributed by atoms with Crippen LogP contribution in [0.4, 0.5) is 5.82 Å². The molecule has 1 saturated heterocycles. The maximum absolute atomic E-state index is 13.0. The molecule has 12 nitrogen and oxygen atoms in total. The van der Waals surface area contributed by atoms with Crippen LogP contribution in [-0.4, -0.2) is 55.4 Å². The number of aromatic nitrogens is 5. The third-order valence-corrected chi connectivity index (χ3v) is 6.29. The zero-order valence-corrected chi connectivity index (χ0v) is 21.2. The summed E-state index contributed by atoms with van der Waals surface area (Å²) in [5.41, 5.74) is 10.8. The van der Waals surface area contributed by atoms with Gasteiger partial charge in [-0.05, 0) is 83.8 Å². The van der Waals surface area contributed by atoms with Gasteiger partial charge in [0.2, 0.25) is 11.6 Å². The van der Waals surface area contributed by atoms with Gasteiger partial charge in [-0.15, -0.1) is 5.10 Å². The molecule has 0 spiro atoms. The average molecular weight is 536 g/mol. The third-order valence-electron chi connectivity index (χ3n) is 6.05. The minimum Gasteiger partial charge on any atom is -0.489 e. The molecule has 5 rings (SSSR count). The van der Waals surface area contributed by atoms with Gasteiger partial charge in [0.05, 0.1) is 11.9 Å². The lowest BCUT2D eigenvalue weighted by Gasteiger charge is -2.26. The van der Waals surface area contributed by atoms with Crippen LogP contribution in [0.25, 0.3) is 5.82 Å². The molecule has 2 aromatic carbocycles. The quantitative estimate of drug-likeness (QED) is 0.243. The molecule has 1 fully saturated rings. The van der Waals surface area contributed by atoms with Crippen LogP contribution < -0.4 is 15.9 Å². The van der Waals surface area contributed by atoms with Crippen LogP contribution in [0.15, 0.2) is 58.3 Å². The van der Waals surface area contributed by atoms with E-state index < -0.39 is 5.91 Å². The Labute approximate surface area is 223 Å². The van der Waals surface area contributed by atoms with E-state index in [0.29, 0.717) is 29.6 Å². The summed E-state index contributed by atoms with van der Waals surface area (Å²) in [6, 6.07) is 14.8. The van der Waals surface area contributed by atoms with E-state index in [1.54, 1.807) is 0 Å². The predicted molar refractivity (Wildman–Crippen MR) is 140 cm³/mol. The van der Waals surface area contributed by atoms with Crippen LogP contribution in [0.5, 0.6) is 5.75 Å². The van der Waals surface area contributed by atoms with E-state index in [1.807, 2.05) is 48.5 Å². The summed E-state index contributed by atoms with van der Waals surface area (Å²) in [5.74, 6) is 0.437. The monoisotopic (exact) mass is 535 g/mol. The smallest absolute Gasteiger partial charge is 0.293 e. The molecule has 196 valence electrons. The predicted octanol–water partition coefficient (Wildman–Crippen LogP) is 3.21. The van der Waals surface area contributed by atoms with E-state index in [2.05, 4.69) is 36.1 Å². The number of piperidine rings is 1. The van der Waals surface area contributed by atoms with Gasteiger partial charge in [-0.2, -0.15) is 9.78 Å². The normalized spacial score (nSPS) is 14.1. The van der Waals surface area contributed by atoms with Gasteiger partial charge in [0.1, 0.15) is 12.4 Å². The SMILES string of the molecule is Nc1nonc1-n1nnc(C(=O)NN=Cc2ccc(OCc3cccc(Cl)c3)cc2)c1CN1CCCCC1. The first-order valence-electron chi connectivity index (χ1n) is 12.1. The van der Waals surface area contributed by atoms with E-state index in [-0.39, 0.29) is 17.3 Å². The van der Waals surface area contributed by atoms with Crippen molar-refractivity contribution in [2.75, 3.05) is 18.8 Å². The Balaban J connectivity index is 1.23. The van der Waals surface area contributed by atoms with E-state index >= 15 is 0 Å². The van der Waals surface area contributed by atoms with Crippen LogP contribution in [0.2, 0.25) is 5.02 Å². The second-order valence-corrected chi connectivity index (χ2v) is 9.23. The summed E-state index contributed by atoms with van der Waals surface area (Å²) >= 11 is 6.02. The Kier molecular flexibility index (Phi) is 7.90. The third kappa shape index (κ3) is 6.15. The number of ether oxygens (including phenoxy) is 1. The lowest BCUT2D eigenvalue weighted by Crippen LogP contribution is -2.31. The van der Waals surface area contributed by atoms with E-state index in [9.17, 15) is 4.79 Å². The van der Waals surface area contributed by atoms with Gasteiger partial charge in [-0.25, -0.2) is 10.1 Å². The number of hydrogen-bond acceptors (Lipinski definition) is 10. The van der Waals surface area contributed by atoms with Crippen molar-refractivity contribution >= 4 is 29.5 Å². The molecule has 0 radical (unpaired) electrons. The van der Waals surface area contributed by atoms with E-state index in [4.69, 9.17) is 26.7 Å². The van der Waals surface area contributed by atoms with Gasteiger partial charge in [0.15, 0.2) is 5.69 Å². The highest BCUT2D eigenvalue weighted by Crippen LogP contribution is 2.20. The molecule has 38 heavy (non-hydrogen) atoms. The number of halogens is 1. The van der Waals surface area contributed by atoms with Crippen molar-refractivity contribution in [2.45, 2.75) is 32.4 Å². The second-order valence-electron chi connectivity index (χ2n) is 8.79. The van der Waals surface area contributed by atoms with Gasteiger partial charge in [0, 0.05) is 11.6 Å². The standard InChI is InChI=1S/C25H26ClN9O3/c26-19-6-4-5-18(13-19)16-37-20-9-7-17(8-10-20)14-28-30-25(36)22-21(15-34-11-2-1-3-12-34)35(33-29-22)24-23(27)31-38-32-24/h4-10,13-14H,1-3,11-12,15-16H2,(H2,27,31)(H,30,36). The minimum atomic E-state index is -0.504. The number of carbonyl (C=O) groups excluding carboxylic acids is 1. The van der Waals surface area contributed by atoms with Crippen LogP contribution in [-0.2, 0) is 13.2 Å². The maximum Gasteiger partial charge on any atom is 0.293 e. The van der Waals surface area contributed by atoms with Crippen molar-refractivity contribution in [1.29, 1.82) is 0 Å². The van der Waals surface area contributed by atoms with Crippen LogP contribution in [0.3, 0.4) is 0 Å². The number of rotatable bonds is 9. The number of likely N-dealkylation sites (tertiary alicyclic amines) is 1. The molecule has 4 aromatic rings. The number of anilines is 1. The summed E-state index contributed by atoms with van der Waals surface area (Å²) in [6.07, 6.45) is 4.90. The van der Waals surface area contributed by atoms with Crippen molar-refractivity contribution < 1.29 is 14.2 Å². The van der Waals surface area contributed by atoms with Crippen LogP contribution in [0, 0.1) is 0 Å². The van der Waals surface area contributed by atoms with Gasteiger partial charge < -0.3 is 10.5 Å². The molecule has 1 amide bonds. The molecular weight excluding hydrogens is 510 g/mol. The van der Waals surface area contributed by atoms with Crippen molar-refractivity contribution in [3.8, 4) is 11.6 Å². The molecule has 13 heteroatoms.